The molecule has 8 nitrogen and oxygen atoms in total. The molecular formula is C19H19N3O5S2. The second-order valence-corrected chi connectivity index (χ2v) is 9.55. The van der Waals surface area contributed by atoms with Gasteiger partial charge in [0, 0.05) is 19.8 Å². The number of furan rings is 1. The molecule has 3 rings (SSSR count). The second kappa shape index (κ2) is 8.19. The van der Waals surface area contributed by atoms with Crippen LogP contribution in [0.1, 0.15) is 25.8 Å². The van der Waals surface area contributed by atoms with Gasteiger partial charge in [0.05, 0.1) is 21.0 Å². The van der Waals surface area contributed by atoms with Gasteiger partial charge in [-0.15, -0.1) is 11.3 Å². The van der Waals surface area contributed by atoms with Crippen molar-refractivity contribution in [2.24, 2.45) is 0 Å². The van der Waals surface area contributed by atoms with E-state index in [2.05, 4.69) is 10.6 Å². The van der Waals surface area contributed by atoms with Gasteiger partial charge < -0.3 is 15.1 Å². The summed E-state index contributed by atoms with van der Waals surface area (Å²) in [7, 11) is -0.735. The van der Waals surface area contributed by atoms with Crippen LogP contribution in [0, 0.1) is 6.92 Å². The Bertz CT molecular complexity index is 1150. The van der Waals surface area contributed by atoms with Crippen molar-refractivity contribution < 1.29 is 22.4 Å². The van der Waals surface area contributed by atoms with Crippen molar-refractivity contribution in [3.05, 3.63) is 64.9 Å². The number of hydrogen-bond acceptors (Lipinski definition) is 6. The van der Waals surface area contributed by atoms with Gasteiger partial charge in [-0.3, -0.25) is 9.59 Å². The number of benzene rings is 1. The zero-order chi connectivity index (χ0) is 21.2. The highest BCUT2D eigenvalue weighted by atomic mass is 32.2. The Morgan fingerprint density at radius 3 is 2.45 bits per heavy atom. The first-order chi connectivity index (χ1) is 13.7. The standard InChI is InChI=1S/C19H19N3O5S2/c1-12-6-7-13(29(25,26)22(2)3)11-14(12)20-19(24)16-8-9-17(28-16)21-18(23)15-5-4-10-27-15/h4-11H,1-3H3,(H,20,24)(H,21,23). The van der Waals surface area contributed by atoms with Crippen molar-refractivity contribution in [2.75, 3.05) is 24.7 Å². The lowest BCUT2D eigenvalue weighted by molar-refractivity contribution is 0.0995. The van der Waals surface area contributed by atoms with Crippen molar-refractivity contribution in [1.29, 1.82) is 0 Å². The fraction of sp³-hybridized carbons (Fsp3) is 0.158. The van der Waals surface area contributed by atoms with Crippen molar-refractivity contribution >= 4 is 43.9 Å². The smallest absolute Gasteiger partial charge is 0.291 e. The van der Waals surface area contributed by atoms with Crippen LogP contribution in [0.3, 0.4) is 0 Å². The first-order valence-electron chi connectivity index (χ1n) is 8.47. The molecular weight excluding hydrogens is 414 g/mol. The molecule has 1 aromatic carbocycles. The van der Waals surface area contributed by atoms with Crippen LogP contribution in [-0.2, 0) is 10.0 Å². The van der Waals surface area contributed by atoms with Crippen LogP contribution in [0.25, 0.3) is 0 Å². The molecule has 152 valence electrons. The normalized spacial score (nSPS) is 11.4. The first kappa shape index (κ1) is 20.8. The van der Waals surface area contributed by atoms with Crippen LogP contribution in [-0.4, -0.2) is 38.6 Å². The Balaban J connectivity index is 1.76. The van der Waals surface area contributed by atoms with Crippen LogP contribution < -0.4 is 10.6 Å². The second-order valence-electron chi connectivity index (χ2n) is 6.31. The molecule has 2 aromatic heterocycles. The summed E-state index contributed by atoms with van der Waals surface area (Å²) in [6.45, 7) is 1.77. The van der Waals surface area contributed by atoms with Crippen molar-refractivity contribution in [3.63, 3.8) is 0 Å². The van der Waals surface area contributed by atoms with Gasteiger partial charge in [-0.2, -0.15) is 0 Å². The lowest BCUT2D eigenvalue weighted by Crippen LogP contribution is -2.22. The minimum Gasteiger partial charge on any atom is -0.459 e. The molecule has 0 saturated heterocycles. The van der Waals surface area contributed by atoms with Crippen molar-refractivity contribution in [1.82, 2.24) is 4.31 Å². The molecule has 10 heteroatoms. The van der Waals surface area contributed by atoms with Gasteiger partial charge in [-0.25, -0.2) is 12.7 Å². The Hall–Kier alpha value is -2.95. The van der Waals surface area contributed by atoms with Crippen LogP contribution in [0.15, 0.2) is 58.0 Å². The Labute approximate surface area is 172 Å². The number of aryl methyl sites for hydroxylation is 1. The highest BCUT2D eigenvalue weighted by molar-refractivity contribution is 7.89. The van der Waals surface area contributed by atoms with Gasteiger partial charge in [-0.1, -0.05) is 6.07 Å². The fourth-order valence-electron chi connectivity index (χ4n) is 2.40. The van der Waals surface area contributed by atoms with E-state index >= 15 is 0 Å². The van der Waals surface area contributed by atoms with E-state index in [1.807, 2.05) is 0 Å². The number of anilines is 2. The number of thiophene rings is 1. The van der Waals surface area contributed by atoms with Crippen LogP contribution in [0.2, 0.25) is 0 Å². The SMILES string of the molecule is Cc1ccc(S(=O)(=O)N(C)C)cc1NC(=O)c1ccc(NC(=O)c2ccco2)s1. The third-order valence-corrected chi connectivity index (χ3v) is 6.86. The van der Waals surface area contributed by atoms with E-state index in [1.165, 1.54) is 38.6 Å². The van der Waals surface area contributed by atoms with E-state index in [0.29, 0.717) is 15.6 Å². The predicted molar refractivity (Wildman–Crippen MR) is 111 cm³/mol. The summed E-state index contributed by atoms with van der Waals surface area (Å²) in [4.78, 5) is 25.1. The first-order valence-corrected chi connectivity index (χ1v) is 10.7. The van der Waals surface area contributed by atoms with E-state index in [4.69, 9.17) is 4.42 Å². The fourth-order valence-corrected chi connectivity index (χ4v) is 4.12. The summed E-state index contributed by atoms with van der Waals surface area (Å²) < 4.78 is 30.8. The molecule has 2 N–H and O–H groups in total. The van der Waals surface area contributed by atoms with Gasteiger partial charge in [-0.05, 0) is 48.9 Å². The van der Waals surface area contributed by atoms with E-state index < -0.39 is 21.8 Å². The third-order valence-electron chi connectivity index (χ3n) is 4.05. The zero-order valence-electron chi connectivity index (χ0n) is 15.9. The van der Waals surface area contributed by atoms with E-state index in [9.17, 15) is 18.0 Å². The summed E-state index contributed by atoms with van der Waals surface area (Å²) >= 11 is 1.09. The van der Waals surface area contributed by atoms with Crippen molar-refractivity contribution in [2.45, 2.75) is 11.8 Å². The lowest BCUT2D eigenvalue weighted by Gasteiger charge is -2.14. The minimum atomic E-state index is -3.62. The number of carbonyl (C=O) groups excluding carboxylic acids is 2. The maximum atomic E-state index is 12.6. The number of hydrogen-bond donors (Lipinski definition) is 2. The molecule has 2 amide bonds. The van der Waals surface area contributed by atoms with Crippen LogP contribution >= 0.6 is 11.3 Å². The molecule has 0 bridgehead atoms. The molecule has 0 unspecified atom stereocenters. The largest absolute Gasteiger partial charge is 0.459 e. The lowest BCUT2D eigenvalue weighted by atomic mass is 10.2. The predicted octanol–water partition coefficient (Wildman–Crippen LogP) is 3.40. The number of nitrogens with one attached hydrogen (secondary N) is 2. The average Bonchev–Trinajstić information content (AvgIpc) is 3.35. The summed E-state index contributed by atoms with van der Waals surface area (Å²) in [5.74, 6) is -0.656. The van der Waals surface area contributed by atoms with Crippen LogP contribution in [0.4, 0.5) is 10.7 Å². The minimum absolute atomic E-state index is 0.0842. The Kier molecular flexibility index (Phi) is 5.87. The third kappa shape index (κ3) is 4.56. The average molecular weight is 434 g/mol. The molecule has 29 heavy (non-hydrogen) atoms. The van der Waals surface area contributed by atoms with Crippen LogP contribution in [0.5, 0.6) is 0 Å². The highest BCUT2D eigenvalue weighted by Gasteiger charge is 2.19. The molecule has 0 aliphatic rings. The van der Waals surface area contributed by atoms with Gasteiger partial charge in [0.1, 0.15) is 0 Å². The monoisotopic (exact) mass is 433 g/mol. The molecule has 2 heterocycles. The molecule has 0 spiro atoms. The molecule has 0 fully saturated rings. The van der Waals surface area contributed by atoms with E-state index in [0.717, 1.165) is 21.2 Å². The highest BCUT2D eigenvalue weighted by Crippen LogP contribution is 2.26. The molecule has 0 saturated carbocycles. The summed E-state index contributed by atoms with van der Waals surface area (Å²) in [5, 5.41) is 5.87. The Morgan fingerprint density at radius 1 is 1.03 bits per heavy atom. The molecule has 0 aliphatic heterocycles. The van der Waals surface area contributed by atoms with Gasteiger partial charge in [0.15, 0.2) is 5.76 Å². The quantitative estimate of drug-likeness (QED) is 0.619. The number of carbonyl (C=O) groups is 2. The number of nitrogens with zero attached hydrogens (tertiary/aromatic N) is 1. The van der Waals surface area contributed by atoms with E-state index in [1.54, 1.807) is 31.2 Å². The maximum Gasteiger partial charge on any atom is 0.291 e. The van der Waals surface area contributed by atoms with E-state index in [-0.39, 0.29) is 10.7 Å². The topological polar surface area (TPSA) is 109 Å². The summed E-state index contributed by atoms with van der Waals surface area (Å²) in [6, 6.07) is 10.9. The van der Waals surface area contributed by atoms with Gasteiger partial charge in [0.2, 0.25) is 10.0 Å². The van der Waals surface area contributed by atoms with Gasteiger partial charge in [0.25, 0.3) is 11.8 Å². The number of amides is 2. The number of sulfonamides is 1. The van der Waals surface area contributed by atoms with Gasteiger partial charge >= 0.3 is 0 Å². The molecule has 0 radical (unpaired) electrons. The Morgan fingerprint density at radius 2 is 1.79 bits per heavy atom. The molecule has 0 atom stereocenters. The van der Waals surface area contributed by atoms with Crippen molar-refractivity contribution in [3.8, 4) is 0 Å². The molecule has 0 aliphatic carbocycles. The maximum absolute atomic E-state index is 12.6. The molecule has 3 aromatic rings. The number of rotatable bonds is 6. The zero-order valence-corrected chi connectivity index (χ0v) is 17.6. The summed E-state index contributed by atoms with van der Waals surface area (Å²) in [5.41, 5.74) is 1.12. The summed E-state index contributed by atoms with van der Waals surface area (Å²) in [6.07, 6.45) is 1.40.